The van der Waals surface area contributed by atoms with Crippen molar-refractivity contribution >= 4 is 5.95 Å². The van der Waals surface area contributed by atoms with E-state index in [0.29, 0.717) is 6.54 Å². The fourth-order valence-corrected chi connectivity index (χ4v) is 2.09. The zero-order valence-corrected chi connectivity index (χ0v) is 10.2. The molecule has 1 heterocycles. The van der Waals surface area contributed by atoms with E-state index in [1.54, 1.807) is 0 Å². The van der Waals surface area contributed by atoms with Crippen molar-refractivity contribution in [2.45, 2.75) is 38.8 Å². The molecule has 0 bridgehead atoms. The summed E-state index contributed by atoms with van der Waals surface area (Å²) >= 11 is 0. The van der Waals surface area contributed by atoms with E-state index in [1.165, 1.54) is 0 Å². The summed E-state index contributed by atoms with van der Waals surface area (Å²) in [6.45, 7) is 2.77. The van der Waals surface area contributed by atoms with Crippen LogP contribution < -0.4 is 5.32 Å². The van der Waals surface area contributed by atoms with Crippen LogP contribution in [0.4, 0.5) is 19.1 Å². The van der Waals surface area contributed by atoms with Crippen LogP contribution >= 0.6 is 0 Å². The summed E-state index contributed by atoms with van der Waals surface area (Å²) in [6.07, 6.45) is 1.17. The van der Waals surface area contributed by atoms with Gasteiger partial charge in [-0.25, -0.2) is 9.97 Å². The number of hydrogen-bond donors (Lipinski definition) is 1. The van der Waals surface area contributed by atoms with E-state index >= 15 is 0 Å². The Bertz CT molecular complexity index is 413. The van der Waals surface area contributed by atoms with Gasteiger partial charge in [0.2, 0.25) is 5.95 Å². The largest absolute Gasteiger partial charge is 0.433 e. The van der Waals surface area contributed by atoms with Crippen LogP contribution in [0.3, 0.4) is 0 Å². The Labute approximate surface area is 104 Å². The molecule has 1 saturated carbocycles. The molecule has 0 atom stereocenters. The van der Waals surface area contributed by atoms with Crippen molar-refractivity contribution in [2.75, 3.05) is 11.9 Å². The van der Waals surface area contributed by atoms with E-state index < -0.39 is 11.9 Å². The molecule has 0 spiro atoms. The van der Waals surface area contributed by atoms with Gasteiger partial charge in [-0.15, -0.1) is 0 Å². The van der Waals surface area contributed by atoms with Gasteiger partial charge in [0.25, 0.3) is 0 Å². The first-order valence-corrected chi connectivity index (χ1v) is 6.09. The number of nitrogens with zero attached hydrogens (tertiary/aromatic N) is 2. The number of anilines is 1. The second kappa shape index (κ2) is 4.74. The average molecular weight is 259 g/mol. The lowest BCUT2D eigenvalue weighted by atomic mass is 10.0. The highest BCUT2D eigenvalue weighted by Crippen LogP contribution is 2.49. The van der Waals surface area contributed by atoms with Gasteiger partial charge in [-0.3, -0.25) is 0 Å². The predicted molar refractivity (Wildman–Crippen MR) is 62.1 cm³/mol. The maximum atomic E-state index is 12.5. The Morgan fingerprint density at radius 3 is 2.67 bits per heavy atom. The molecule has 6 heteroatoms. The first-order chi connectivity index (χ1) is 8.45. The summed E-state index contributed by atoms with van der Waals surface area (Å²) in [4.78, 5) is 7.31. The molecule has 100 valence electrons. The van der Waals surface area contributed by atoms with E-state index in [0.717, 1.165) is 37.9 Å². The predicted octanol–water partition coefficient (Wildman–Crippen LogP) is 3.49. The first-order valence-electron chi connectivity index (χ1n) is 6.09. The van der Waals surface area contributed by atoms with Crippen LogP contribution in [0, 0.1) is 5.41 Å². The lowest BCUT2D eigenvalue weighted by molar-refractivity contribution is -0.141. The van der Waals surface area contributed by atoms with E-state index in [1.807, 2.05) is 0 Å². The van der Waals surface area contributed by atoms with E-state index in [-0.39, 0.29) is 11.4 Å². The minimum atomic E-state index is -4.42. The highest BCUT2D eigenvalue weighted by molar-refractivity contribution is 5.27. The van der Waals surface area contributed by atoms with E-state index in [2.05, 4.69) is 22.2 Å². The SMILES string of the molecule is CCCC1(CNc2nccc(C(F)(F)F)n2)CC1. The second-order valence-electron chi connectivity index (χ2n) is 4.87. The molecule has 1 fully saturated rings. The van der Waals surface area contributed by atoms with Gasteiger partial charge in [-0.05, 0) is 30.7 Å². The third-order valence-electron chi connectivity index (χ3n) is 3.30. The van der Waals surface area contributed by atoms with Gasteiger partial charge in [-0.1, -0.05) is 13.3 Å². The monoisotopic (exact) mass is 259 g/mol. The van der Waals surface area contributed by atoms with Crippen LogP contribution in [0.1, 0.15) is 38.3 Å². The molecule has 0 aromatic carbocycles. The molecule has 1 aromatic rings. The second-order valence-corrected chi connectivity index (χ2v) is 4.87. The molecule has 1 aromatic heterocycles. The summed E-state index contributed by atoms with van der Waals surface area (Å²) in [7, 11) is 0. The van der Waals surface area contributed by atoms with Gasteiger partial charge >= 0.3 is 6.18 Å². The minimum Gasteiger partial charge on any atom is -0.354 e. The number of rotatable bonds is 5. The summed E-state index contributed by atoms with van der Waals surface area (Å²) in [5.41, 5.74) is -0.646. The third kappa shape index (κ3) is 3.11. The Kier molecular flexibility index (Phi) is 3.45. The maximum absolute atomic E-state index is 12.5. The fourth-order valence-electron chi connectivity index (χ4n) is 2.09. The van der Waals surface area contributed by atoms with Crippen molar-refractivity contribution < 1.29 is 13.2 Å². The molecule has 1 aliphatic rings. The molecule has 1 aliphatic carbocycles. The summed E-state index contributed by atoms with van der Waals surface area (Å²) in [5.74, 6) is 0.0622. The van der Waals surface area contributed by atoms with Crippen LogP contribution in [0.25, 0.3) is 0 Å². The molecule has 0 aliphatic heterocycles. The van der Waals surface area contributed by atoms with Crippen molar-refractivity contribution in [1.82, 2.24) is 9.97 Å². The Balaban J connectivity index is 1.98. The quantitative estimate of drug-likeness (QED) is 0.879. The van der Waals surface area contributed by atoms with Crippen molar-refractivity contribution in [3.8, 4) is 0 Å². The van der Waals surface area contributed by atoms with Gasteiger partial charge in [0.15, 0.2) is 0 Å². The normalized spacial score (nSPS) is 17.6. The van der Waals surface area contributed by atoms with Gasteiger partial charge in [-0.2, -0.15) is 13.2 Å². The maximum Gasteiger partial charge on any atom is 0.433 e. The highest BCUT2D eigenvalue weighted by Gasteiger charge is 2.41. The third-order valence-corrected chi connectivity index (χ3v) is 3.30. The molecule has 0 unspecified atom stereocenters. The smallest absolute Gasteiger partial charge is 0.354 e. The number of hydrogen-bond acceptors (Lipinski definition) is 3. The molecule has 0 amide bonds. The number of halogens is 3. The molecule has 1 N–H and O–H groups in total. The Hall–Kier alpha value is -1.33. The lowest BCUT2D eigenvalue weighted by Crippen LogP contribution is -2.18. The molecular formula is C12H16F3N3. The number of nitrogens with one attached hydrogen (secondary N) is 1. The lowest BCUT2D eigenvalue weighted by Gasteiger charge is -2.15. The number of alkyl halides is 3. The van der Waals surface area contributed by atoms with Gasteiger partial charge < -0.3 is 5.32 Å². The number of aromatic nitrogens is 2. The zero-order valence-electron chi connectivity index (χ0n) is 10.2. The van der Waals surface area contributed by atoms with Crippen LogP contribution in [0.5, 0.6) is 0 Å². The van der Waals surface area contributed by atoms with Crippen LogP contribution in [-0.2, 0) is 6.18 Å². The topological polar surface area (TPSA) is 37.8 Å². The molecule has 2 rings (SSSR count). The summed E-state index contributed by atoms with van der Waals surface area (Å²) in [6, 6.07) is 0.879. The molecule has 18 heavy (non-hydrogen) atoms. The van der Waals surface area contributed by atoms with Gasteiger partial charge in [0.05, 0.1) is 0 Å². The highest BCUT2D eigenvalue weighted by atomic mass is 19.4. The Morgan fingerprint density at radius 2 is 2.11 bits per heavy atom. The van der Waals surface area contributed by atoms with E-state index in [9.17, 15) is 13.2 Å². The van der Waals surface area contributed by atoms with Crippen LogP contribution in [0.15, 0.2) is 12.3 Å². The average Bonchev–Trinajstić information content (AvgIpc) is 3.07. The van der Waals surface area contributed by atoms with Crippen LogP contribution in [0.2, 0.25) is 0 Å². The summed E-state index contributed by atoms with van der Waals surface area (Å²) in [5, 5.41) is 2.92. The summed E-state index contributed by atoms with van der Waals surface area (Å²) < 4.78 is 37.4. The fraction of sp³-hybridized carbons (Fsp3) is 0.667. The molecule has 0 radical (unpaired) electrons. The minimum absolute atomic E-state index is 0.0622. The van der Waals surface area contributed by atoms with Crippen molar-refractivity contribution in [1.29, 1.82) is 0 Å². The van der Waals surface area contributed by atoms with Gasteiger partial charge in [0.1, 0.15) is 5.69 Å². The molecule has 0 saturated heterocycles. The van der Waals surface area contributed by atoms with Gasteiger partial charge in [0, 0.05) is 12.7 Å². The zero-order chi connectivity index (χ0) is 13.2. The van der Waals surface area contributed by atoms with E-state index in [4.69, 9.17) is 0 Å². The van der Waals surface area contributed by atoms with Crippen molar-refractivity contribution in [2.24, 2.45) is 5.41 Å². The van der Waals surface area contributed by atoms with Crippen molar-refractivity contribution in [3.05, 3.63) is 18.0 Å². The Morgan fingerprint density at radius 1 is 1.39 bits per heavy atom. The molecular weight excluding hydrogens is 243 g/mol. The van der Waals surface area contributed by atoms with Crippen LogP contribution in [-0.4, -0.2) is 16.5 Å². The molecule has 3 nitrogen and oxygen atoms in total. The van der Waals surface area contributed by atoms with Crippen molar-refractivity contribution in [3.63, 3.8) is 0 Å². The first kappa shape index (κ1) is 13.1. The standard InChI is InChI=1S/C12H16F3N3/c1-2-4-11(5-6-11)8-17-10-16-7-3-9(18-10)12(13,14)15/h3,7H,2,4-6,8H2,1H3,(H,16,17,18).